The topological polar surface area (TPSA) is 112 Å². The number of fused-ring (bicyclic) bond motifs is 1. The van der Waals surface area contributed by atoms with Crippen molar-refractivity contribution in [1.29, 1.82) is 5.26 Å². The average Bonchev–Trinajstić information content (AvgIpc) is 3.26. The van der Waals surface area contributed by atoms with Gasteiger partial charge in [-0.3, -0.25) is 0 Å². The molecule has 1 aromatic carbocycles. The van der Waals surface area contributed by atoms with Gasteiger partial charge in [0.15, 0.2) is 0 Å². The summed E-state index contributed by atoms with van der Waals surface area (Å²) in [6, 6.07) is 7.88. The third-order valence-electron chi connectivity index (χ3n) is 4.73. The molecule has 6 nitrogen and oxygen atoms in total. The first-order valence-corrected chi connectivity index (χ1v) is 8.48. The minimum absolute atomic E-state index is 0.118. The molecule has 0 unspecified atom stereocenters. The molecular weight excluding hydrogens is 326 g/mol. The molecule has 0 spiro atoms. The molecule has 1 aliphatic rings. The summed E-state index contributed by atoms with van der Waals surface area (Å²) < 4.78 is 0. The Hall–Kier alpha value is -3.35. The number of hydrogen-bond acceptors (Lipinski definition) is 5. The van der Waals surface area contributed by atoms with E-state index in [0.29, 0.717) is 11.3 Å². The zero-order valence-electron chi connectivity index (χ0n) is 14.1. The number of benzene rings is 1. The predicted molar refractivity (Wildman–Crippen MR) is 98.7 cm³/mol. The van der Waals surface area contributed by atoms with Gasteiger partial charge < -0.3 is 15.8 Å². The molecule has 2 heterocycles. The Balaban J connectivity index is 1.80. The van der Waals surface area contributed by atoms with Crippen LogP contribution in [0.1, 0.15) is 36.8 Å². The highest BCUT2D eigenvalue weighted by Gasteiger charge is 2.28. The van der Waals surface area contributed by atoms with E-state index in [0.717, 1.165) is 47.7 Å². The van der Waals surface area contributed by atoms with Gasteiger partial charge in [-0.05, 0) is 43.9 Å². The highest BCUT2D eigenvalue weighted by atomic mass is 16.3. The van der Waals surface area contributed by atoms with Gasteiger partial charge in [0.2, 0.25) is 5.95 Å². The molecule has 128 valence electrons. The summed E-state index contributed by atoms with van der Waals surface area (Å²) in [4.78, 5) is 11.3. The van der Waals surface area contributed by atoms with Gasteiger partial charge in [0.25, 0.3) is 0 Å². The normalized spacial score (nSPS) is 15.4. The smallest absolute Gasteiger partial charge is 0.220 e. The molecule has 2 aromatic heterocycles. The molecule has 6 heteroatoms. The second-order valence-electron chi connectivity index (χ2n) is 6.55. The summed E-state index contributed by atoms with van der Waals surface area (Å²) in [7, 11) is 0. The lowest BCUT2D eigenvalue weighted by molar-refractivity contribution is 0.110. The van der Waals surface area contributed by atoms with Gasteiger partial charge in [-0.2, -0.15) is 5.26 Å². The molecule has 0 amide bonds. The largest absolute Gasteiger partial charge is 0.378 e. The van der Waals surface area contributed by atoms with Crippen LogP contribution in [0.25, 0.3) is 22.2 Å². The van der Waals surface area contributed by atoms with Crippen LogP contribution in [0, 0.1) is 23.2 Å². The van der Waals surface area contributed by atoms with Crippen LogP contribution in [0.4, 0.5) is 5.95 Å². The lowest BCUT2D eigenvalue weighted by Gasteiger charge is -2.12. The van der Waals surface area contributed by atoms with E-state index in [2.05, 4.69) is 32.9 Å². The molecule has 26 heavy (non-hydrogen) atoms. The van der Waals surface area contributed by atoms with Crippen molar-refractivity contribution in [2.24, 2.45) is 0 Å². The van der Waals surface area contributed by atoms with Gasteiger partial charge in [-0.15, -0.1) is 0 Å². The number of H-pyrrole nitrogens is 1. The lowest BCUT2D eigenvalue weighted by Crippen LogP contribution is -2.20. The van der Waals surface area contributed by atoms with E-state index in [-0.39, 0.29) is 5.95 Å². The molecule has 0 bridgehead atoms. The Bertz CT molecular complexity index is 1090. The summed E-state index contributed by atoms with van der Waals surface area (Å²) in [5, 5.41) is 20.6. The molecule has 3 aromatic rings. The van der Waals surface area contributed by atoms with Crippen LogP contribution in [-0.2, 0) is 0 Å². The summed E-state index contributed by atoms with van der Waals surface area (Å²) in [6.45, 7) is 0. The maximum atomic E-state index is 10.4. The number of hydrogen-bond donors (Lipinski definition) is 3. The Morgan fingerprint density at radius 1 is 1.27 bits per heavy atom. The van der Waals surface area contributed by atoms with Crippen molar-refractivity contribution in [2.45, 2.75) is 31.3 Å². The fourth-order valence-corrected chi connectivity index (χ4v) is 3.35. The third-order valence-corrected chi connectivity index (χ3v) is 4.73. The van der Waals surface area contributed by atoms with E-state index in [1.54, 1.807) is 6.20 Å². The lowest BCUT2D eigenvalue weighted by atomic mass is 10.0. The molecule has 1 saturated carbocycles. The molecule has 0 atom stereocenters. The first kappa shape index (κ1) is 16.1. The maximum absolute atomic E-state index is 10.4. The van der Waals surface area contributed by atoms with E-state index >= 15 is 0 Å². The van der Waals surface area contributed by atoms with Crippen molar-refractivity contribution >= 4 is 16.9 Å². The van der Waals surface area contributed by atoms with E-state index < -0.39 is 5.60 Å². The number of rotatable bonds is 1. The van der Waals surface area contributed by atoms with Crippen LogP contribution in [0.5, 0.6) is 0 Å². The molecule has 4 rings (SSSR count). The molecule has 0 radical (unpaired) electrons. The number of nitrogens with one attached hydrogen (secondary N) is 1. The molecule has 0 saturated heterocycles. The van der Waals surface area contributed by atoms with Crippen LogP contribution >= 0.6 is 0 Å². The van der Waals surface area contributed by atoms with Crippen molar-refractivity contribution in [1.82, 2.24) is 15.0 Å². The second kappa shape index (κ2) is 6.18. The number of nitrogen functional groups attached to an aromatic ring is 1. The van der Waals surface area contributed by atoms with Crippen molar-refractivity contribution < 1.29 is 5.11 Å². The molecule has 1 aliphatic carbocycles. The highest BCUT2D eigenvalue weighted by molar-refractivity contribution is 5.96. The number of aliphatic hydroxyl groups is 1. The van der Waals surface area contributed by atoms with Gasteiger partial charge >= 0.3 is 0 Å². The summed E-state index contributed by atoms with van der Waals surface area (Å²) in [5.41, 5.74) is 8.17. The first-order chi connectivity index (χ1) is 12.6. The predicted octanol–water partition coefficient (Wildman–Crippen LogP) is 2.74. The SMILES string of the molecule is N#Cc1cnc(N)nc1-c1c[nH]c2ccc(C#CC3(O)CCCC3)cc12. The first-order valence-electron chi connectivity index (χ1n) is 8.48. The van der Waals surface area contributed by atoms with E-state index in [1.165, 1.54) is 6.20 Å². The van der Waals surface area contributed by atoms with Gasteiger partial charge in [0.1, 0.15) is 11.7 Å². The van der Waals surface area contributed by atoms with Gasteiger partial charge in [0.05, 0.1) is 17.5 Å². The molecular formula is C20H17N5O. The van der Waals surface area contributed by atoms with Crippen LogP contribution in [0.3, 0.4) is 0 Å². The fourth-order valence-electron chi connectivity index (χ4n) is 3.35. The van der Waals surface area contributed by atoms with Crippen LogP contribution < -0.4 is 5.73 Å². The van der Waals surface area contributed by atoms with Crippen LogP contribution in [0.2, 0.25) is 0 Å². The number of anilines is 1. The number of nitrogens with two attached hydrogens (primary N) is 1. The third kappa shape index (κ3) is 2.88. The summed E-state index contributed by atoms with van der Waals surface area (Å²) in [5.74, 6) is 6.23. The standard InChI is InChI=1S/C20H17N5O/c21-10-14-11-24-19(22)25-18(14)16-12-23-17-4-3-13(9-15(16)17)5-8-20(26)6-1-2-7-20/h3-4,9,11-12,23,26H,1-2,6-7H2,(H2,22,24,25). The fraction of sp³-hybridized carbons (Fsp3) is 0.250. The van der Waals surface area contributed by atoms with Gasteiger partial charge in [-0.25, -0.2) is 9.97 Å². The summed E-state index contributed by atoms with van der Waals surface area (Å²) in [6.07, 6.45) is 6.70. The van der Waals surface area contributed by atoms with Crippen molar-refractivity contribution in [3.63, 3.8) is 0 Å². The Morgan fingerprint density at radius 2 is 2.08 bits per heavy atom. The van der Waals surface area contributed by atoms with E-state index in [1.807, 2.05) is 18.2 Å². The number of nitriles is 1. The summed E-state index contributed by atoms with van der Waals surface area (Å²) >= 11 is 0. The van der Waals surface area contributed by atoms with Gasteiger partial charge in [-0.1, -0.05) is 11.8 Å². The Kier molecular flexibility index (Phi) is 3.84. The molecule has 0 aliphatic heterocycles. The minimum atomic E-state index is -0.870. The van der Waals surface area contributed by atoms with Gasteiger partial charge in [0, 0.05) is 28.2 Å². The number of aromatic nitrogens is 3. The van der Waals surface area contributed by atoms with Crippen LogP contribution in [0.15, 0.2) is 30.6 Å². The zero-order chi connectivity index (χ0) is 18.1. The van der Waals surface area contributed by atoms with Crippen LogP contribution in [-0.4, -0.2) is 25.7 Å². The van der Waals surface area contributed by atoms with Crippen molar-refractivity contribution in [3.05, 3.63) is 41.7 Å². The molecule has 4 N–H and O–H groups in total. The Labute approximate surface area is 150 Å². The van der Waals surface area contributed by atoms with E-state index in [9.17, 15) is 10.4 Å². The van der Waals surface area contributed by atoms with E-state index in [4.69, 9.17) is 5.73 Å². The number of nitrogens with zero attached hydrogens (tertiary/aromatic N) is 3. The minimum Gasteiger partial charge on any atom is -0.378 e. The second-order valence-corrected chi connectivity index (χ2v) is 6.55. The monoisotopic (exact) mass is 343 g/mol. The highest BCUT2D eigenvalue weighted by Crippen LogP contribution is 2.31. The quantitative estimate of drug-likeness (QED) is 0.588. The average molecular weight is 343 g/mol. The maximum Gasteiger partial charge on any atom is 0.220 e. The van der Waals surface area contributed by atoms with Crippen molar-refractivity contribution in [3.8, 4) is 29.2 Å². The Morgan fingerprint density at radius 3 is 2.85 bits per heavy atom. The van der Waals surface area contributed by atoms with Crippen molar-refractivity contribution in [2.75, 3.05) is 5.73 Å². The zero-order valence-corrected chi connectivity index (χ0v) is 14.1. The molecule has 1 fully saturated rings. The number of aromatic amines is 1.